The molecule has 0 bridgehead atoms. The SMILES string of the molecule is CC(O)c1ccnc(C(=O)c2[nH]c3cc(Cl)ccc3c2CC(=O)O)c1. The number of nitrogens with one attached hydrogen (secondary N) is 1. The van der Waals surface area contributed by atoms with Gasteiger partial charge in [-0.05, 0) is 36.8 Å². The van der Waals surface area contributed by atoms with Gasteiger partial charge in [-0.25, -0.2) is 0 Å². The second kappa shape index (κ2) is 6.66. The van der Waals surface area contributed by atoms with Crippen LogP contribution in [0.2, 0.25) is 5.02 Å². The summed E-state index contributed by atoms with van der Waals surface area (Å²) in [7, 11) is 0. The Labute approximate surface area is 148 Å². The molecule has 6 nitrogen and oxygen atoms in total. The summed E-state index contributed by atoms with van der Waals surface area (Å²) in [5.74, 6) is -1.48. The lowest BCUT2D eigenvalue weighted by Gasteiger charge is -2.06. The molecule has 0 fully saturated rings. The van der Waals surface area contributed by atoms with Crippen LogP contribution < -0.4 is 0 Å². The average Bonchev–Trinajstić information content (AvgIpc) is 2.91. The molecule has 0 radical (unpaired) electrons. The maximum Gasteiger partial charge on any atom is 0.307 e. The van der Waals surface area contributed by atoms with Crippen LogP contribution in [0.25, 0.3) is 10.9 Å². The fourth-order valence-electron chi connectivity index (χ4n) is 2.72. The summed E-state index contributed by atoms with van der Waals surface area (Å²) < 4.78 is 0. The molecule has 1 aromatic carbocycles. The number of hydrogen-bond donors (Lipinski definition) is 3. The van der Waals surface area contributed by atoms with E-state index in [0.29, 0.717) is 27.1 Å². The average molecular weight is 359 g/mol. The van der Waals surface area contributed by atoms with Gasteiger partial charge in [0.15, 0.2) is 0 Å². The van der Waals surface area contributed by atoms with Crippen LogP contribution in [0.15, 0.2) is 36.5 Å². The number of benzene rings is 1. The van der Waals surface area contributed by atoms with Gasteiger partial charge in [0.05, 0.1) is 18.2 Å². The van der Waals surface area contributed by atoms with Crippen molar-refractivity contribution in [3.05, 3.63) is 64.1 Å². The van der Waals surface area contributed by atoms with Crippen LogP contribution in [0.1, 0.15) is 40.3 Å². The predicted octanol–water partition coefficient (Wildman–Crippen LogP) is 3.13. The largest absolute Gasteiger partial charge is 0.481 e. The number of carbonyl (C=O) groups excluding carboxylic acids is 1. The Morgan fingerprint density at radius 3 is 2.72 bits per heavy atom. The lowest BCUT2D eigenvalue weighted by atomic mass is 10.0. The summed E-state index contributed by atoms with van der Waals surface area (Å²) in [6, 6.07) is 8.08. The Hall–Kier alpha value is -2.70. The minimum Gasteiger partial charge on any atom is -0.481 e. The molecule has 0 aliphatic carbocycles. The van der Waals surface area contributed by atoms with Crippen molar-refractivity contribution in [3.63, 3.8) is 0 Å². The van der Waals surface area contributed by atoms with Crippen molar-refractivity contribution in [2.45, 2.75) is 19.4 Å². The number of pyridine rings is 1. The first-order chi connectivity index (χ1) is 11.9. The molecule has 0 aliphatic rings. The van der Waals surface area contributed by atoms with E-state index in [1.807, 2.05) is 0 Å². The van der Waals surface area contributed by atoms with E-state index < -0.39 is 17.9 Å². The van der Waals surface area contributed by atoms with Gasteiger partial charge in [-0.2, -0.15) is 0 Å². The van der Waals surface area contributed by atoms with Crippen molar-refractivity contribution in [1.29, 1.82) is 0 Å². The molecule has 0 saturated heterocycles. The maximum absolute atomic E-state index is 12.9. The zero-order valence-corrected chi connectivity index (χ0v) is 14.0. The van der Waals surface area contributed by atoms with Crippen molar-refractivity contribution in [2.75, 3.05) is 0 Å². The summed E-state index contributed by atoms with van der Waals surface area (Å²) in [6.07, 6.45) is 0.388. The van der Waals surface area contributed by atoms with E-state index >= 15 is 0 Å². The second-order valence-electron chi connectivity index (χ2n) is 5.72. The fourth-order valence-corrected chi connectivity index (χ4v) is 2.89. The number of aromatic amines is 1. The zero-order chi connectivity index (χ0) is 18.1. The number of fused-ring (bicyclic) bond motifs is 1. The first-order valence-corrected chi connectivity index (χ1v) is 7.95. The summed E-state index contributed by atoms with van der Waals surface area (Å²) in [6.45, 7) is 1.59. The van der Waals surface area contributed by atoms with Gasteiger partial charge < -0.3 is 15.2 Å². The summed E-state index contributed by atoms with van der Waals surface area (Å²) in [5.41, 5.74) is 1.81. The topological polar surface area (TPSA) is 103 Å². The molecular weight excluding hydrogens is 344 g/mol. The number of carboxylic acids is 1. The minimum absolute atomic E-state index is 0.127. The van der Waals surface area contributed by atoms with Gasteiger partial charge in [0.1, 0.15) is 5.69 Å². The predicted molar refractivity (Wildman–Crippen MR) is 93.0 cm³/mol. The molecule has 0 saturated carbocycles. The van der Waals surface area contributed by atoms with Crippen LogP contribution in [-0.2, 0) is 11.2 Å². The molecule has 1 unspecified atom stereocenters. The molecule has 7 heteroatoms. The number of ketones is 1. The smallest absolute Gasteiger partial charge is 0.307 e. The van der Waals surface area contributed by atoms with Crippen LogP contribution in [0.5, 0.6) is 0 Å². The monoisotopic (exact) mass is 358 g/mol. The molecular formula is C18H15ClN2O4. The first-order valence-electron chi connectivity index (χ1n) is 7.57. The maximum atomic E-state index is 12.9. The Morgan fingerprint density at radius 1 is 1.28 bits per heavy atom. The van der Waals surface area contributed by atoms with Crippen molar-refractivity contribution in [3.8, 4) is 0 Å². The zero-order valence-electron chi connectivity index (χ0n) is 13.3. The van der Waals surface area contributed by atoms with Crippen LogP contribution in [0.4, 0.5) is 0 Å². The Morgan fingerprint density at radius 2 is 2.04 bits per heavy atom. The minimum atomic E-state index is -1.05. The van der Waals surface area contributed by atoms with Gasteiger partial charge in [-0.15, -0.1) is 0 Å². The van der Waals surface area contributed by atoms with Crippen molar-refractivity contribution in [2.24, 2.45) is 0 Å². The number of aliphatic hydroxyl groups excluding tert-OH is 1. The third-order valence-electron chi connectivity index (χ3n) is 3.92. The molecule has 2 aromatic heterocycles. The van der Waals surface area contributed by atoms with E-state index in [1.54, 1.807) is 31.2 Å². The lowest BCUT2D eigenvalue weighted by molar-refractivity contribution is -0.136. The number of hydrogen-bond acceptors (Lipinski definition) is 4. The molecule has 0 amide bonds. The van der Waals surface area contributed by atoms with Crippen molar-refractivity contribution < 1.29 is 19.8 Å². The molecule has 3 N–H and O–H groups in total. The van der Waals surface area contributed by atoms with Gasteiger partial charge in [-0.3, -0.25) is 14.6 Å². The van der Waals surface area contributed by atoms with E-state index in [-0.39, 0.29) is 17.8 Å². The van der Waals surface area contributed by atoms with E-state index in [9.17, 15) is 19.8 Å². The number of rotatable bonds is 5. The summed E-state index contributed by atoms with van der Waals surface area (Å²) in [5, 5.41) is 20.0. The first kappa shape index (κ1) is 17.1. The summed E-state index contributed by atoms with van der Waals surface area (Å²) in [4.78, 5) is 31.1. The van der Waals surface area contributed by atoms with Gasteiger partial charge >= 0.3 is 5.97 Å². The number of halogens is 1. The third-order valence-corrected chi connectivity index (χ3v) is 4.16. The number of aliphatic carboxylic acids is 1. The third kappa shape index (κ3) is 3.40. The number of H-pyrrole nitrogens is 1. The van der Waals surface area contributed by atoms with Crippen LogP contribution in [-0.4, -0.2) is 31.9 Å². The second-order valence-corrected chi connectivity index (χ2v) is 6.15. The molecule has 2 heterocycles. The van der Waals surface area contributed by atoms with E-state index in [4.69, 9.17) is 11.6 Å². The van der Waals surface area contributed by atoms with Crippen molar-refractivity contribution >= 4 is 34.3 Å². The van der Waals surface area contributed by atoms with Crippen molar-refractivity contribution in [1.82, 2.24) is 9.97 Å². The van der Waals surface area contributed by atoms with Crippen LogP contribution in [0, 0.1) is 0 Å². The van der Waals surface area contributed by atoms with Gasteiger partial charge in [0, 0.05) is 27.7 Å². The molecule has 0 aliphatic heterocycles. The lowest BCUT2D eigenvalue weighted by Crippen LogP contribution is -2.10. The van der Waals surface area contributed by atoms with E-state index in [2.05, 4.69) is 9.97 Å². The standard InChI is InChI=1S/C18H15ClN2O4/c1-9(22)10-4-5-20-15(6-10)18(25)17-13(8-16(23)24)12-3-2-11(19)7-14(12)21-17/h2-7,9,21-22H,8H2,1H3,(H,23,24). The molecule has 3 rings (SSSR count). The highest BCUT2D eigenvalue weighted by Crippen LogP contribution is 2.27. The number of carboxylic acid groups (broad SMARTS) is 1. The van der Waals surface area contributed by atoms with E-state index in [0.717, 1.165) is 0 Å². The molecule has 0 spiro atoms. The molecule has 25 heavy (non-hydrogen) atoms. The highest BCUT2D eigenvalue weighted by molar-refractivity contribution is 6.31. The van der Waals surface area contributed by atoms with E-state index in [1.165, 1.54) is 12.3 Å². The number of aliphatic hydroxyl groups is 1. The van der Waals surface area contributed by atoms with Gasteiger partial charge in [-0.1, -0.05) is 17.7 Å². The Kier molecular flexibility index (Phi) is 4.57. The highest BCUT2D eigenvalue weighted by atomic mass is 35.5. The quantitative estimate of drug-likeness (QED) is 0.608. The molecule has 1 atom stereocenters. The number of nitrogens with zero attached hydrogens (tertiary/aromatic N) is 1. The molecule has 3 aromatic rings. The summed E-state index contributed by atoms with van der Waals surface area (Å²) >= 11 is 5.98. The Balaban J connectivity index is 2.15. The molecule has 128 valence electrons. The van der Waals surface area contributed by atoms with Crippen LogP contribution >= 0.6 is 11.6 Å². The van der Waals surface area contributed by atoms with Gasteiger partial charge in [0.25, 0.3) is 0 Å². The van der Waals surface area contributed by atoms with Gasteiger partial charge in [0.2, 0.25) is 5.78 Å². The van der Waals surface area contributed by atoms with Crippen LogP contribution in [0.3, 0.4) is 0 Å². The number of aromatic nitrogens is 2. The fraction of sp³-hybridized carbons (Fsp3) is 0.167. The number of carbonyl (C=O) groups is 2. The highest BCUT2D eigenvalue weighted by Gasteiger charge is 2.22. The Bertz CT molecular complexity index is 978. The normalized spacial score (nSPS) is 12.3.